The first-order valence-corrected chi connectivity index (χ1v) is 8.03. The molecule has 1 aromatic carbocycles. The van der Waals surface area contributed by atoms with Crippen LogP contribution in [0.5, 0.6) is 5.75 Å². The van der Waals surface area contributed by atoms with Crippen LogP contribution in [0.1, 0.15) is 31.0 Å². The molecule has 2 aromatic rings. The second-order valence-electron chi connectivity index (χ2n) is 4.44. The molecule has 0 spiro atoms. The van der Waals surface area contributed by atoms with Crippen molar-refractivity contribution in [1.29, 1.82) is 0 Å². The molecule has 4 nitrogen and oxygen atoms in total. The van der Waals surface area contributed by atoms with Gasteiger partial charge in [-0.3, -0.25) is 5.10 Å². The topological polar surface area (TPSA) is 49.9 Å². The average Bonchev–Trinajstić information content (AvgIpc) is 2.93. The zero-order chi connectivity index (χ0) is 14.5. The van der Waals surface area contributed by atoms with Crippen LogP contribution >= 0.6 is 31.9 Å². The van der Waals surface area contributed by atoms with E-state index in [1.807, 2.05) is 25.4 Å². The van der Waals surface area contributed by atoms with E-state index in [0.29, 0.717) is 6.61 Å². The van der Waals surface area contributed by atoms with Crippen molar-refractivity contribution in [3.8, 4) is 5.75 Å². The van der Waals surface area contributed by atoms with Gasteiger partial charge in [0.05, 0.1) is 17.3 Å². The number of halogens is 2. The first-order valence-electron chi connectivity index (χ1n) is 6.44. The molecule has 1 aromatic heterocycles. The zero-order valence-electron chi connectivity index (χ0n) is 11.4. The Morgan fingerprint density at radius 1 is 1.40 bits per heavy atom. The maximum absolute atomic E-state index is 5.72. The second kappa shape index (κ2) is 7.24. The Labute approximate surface area is 135 Å². The van der Waals surface area contributed by atoms with Gasteiger partial charge in [-0.15, -0.1) is 0 Å². The van der Waals surface area contributed by atoms with E-state index in [0.717, 1.165) is 32.4 Å². The molecule has 0 fully saturated rings. The number of aromatic amines is 1. The van der Waals surface area contributed by atoms with Crippen LogP contribution < -0.4 is 10.1 Å². The minimum Gasteiger partial charge on any atom is -0.492 e. The summed E-state index contributed by atoms with van der Waals surface area (Å²) >= 11 is 7.06. The second-order valence-corrected chi connectivity index (χ2v) is 6.21. The molecule has 0 aliphatic rings. The third kappa shape index (κ3) is 3.84. The van der Waals surface area contributed by atoms with Gasteiger partial charge in [-0.1, -0.05) is 15.9 Å². The van der Waals surface area contributed by atoms with E-state index in [1.165, 1.54) is 0 Å². The summed E-state index contributed by atoms with van der Waals surface area (Å²) in [6, 6.07) is 4.29. The summed E-state index contributed by atoms with van der Waals surface area (Å²) in [5, 5.41) is 10.3. The van der Waals surface area contributed by atoms with E-state index < -0.39 is 0 Å². The van der Waals surface area contributed by atoms with Gasteiger partial charge in [0.25, 0.3) is 0 Å². The summed E-state index contributed by atoms with van der Waals surface area (Å²) < 4.78 is 7.71. The predicted molar refractivity (Wildman–Crippen MR) is 86.9 cm³/mol. The Bertz CT molecular complexity index is 558. The highest BCUT2D eigenvalue weighted by molar-refractivity contribution is 9.11. The summed E-state index contributed by atoms with van der Waals surface area (Å²) in [4.78, 5) is 0. The Morgan fingerprint density at radius 2 is 2.20 bits per heavy atom. The number of hydrogen-bond acceptors (Lipinski definition) is 3. The van der Waals surface area contributed by atoms with Crippen LogP contribution in [0.3, 0.4) is 0 Å². The molecular formula is C14H17Br2N3O. The van der Waals surface area contributed by atoms with Crippen LogP contribution in [-0.4, -0.2) is 16.8 Å². The third-order valence-corrected chi connectivity index (χ3v) is 4.04. The number of H-pyrrole nitrogens is 1. The molecule has 0 radical (unpaired) electrons. The average molecular weight is 403 g/mol. The van der Waals surface area contributed by atoms with Gasteiger partial charge in [0.2, 0.25) is 0 Å². The molecule has 1 atom stereocenters. The van der Waals surface area contributed by atoms with Gasteiger partial charge in [0, 0.05) is 34.4 Å². The SMILES string of the molecule is CCOc1c(Br)cc(Br)cc1CNC(C)c1cn[nH]c1. The molecule has 0 bridgehead atoms. The highest BCUT2D eigenvalue weighted by atomic mass is 79.9. The molecule has 2 rings (SSSR count). The molecule has 2 N–H and O–H groups in total. The number of hydrogen-bond donors (Lipinski definition) is 2. The summed E-state index contributed by atoms with van der Waals surface area (Å²) in [5.74, 6) is 0.891. The largest absolute Gasteiger partial charge is 0.492 e. The van der Waals surface area contributed by atoms with Crippen molar-refractivity contribution in [2.24, 2.45) is 0 Å². The molecule has 0 aliphatic heterocycles. The first-order chi connectivity index (χ1) is 9.61. The van der Waals surface area contributed by atoms with Crippen molar-refractivity contribution in [3.63, 3.8) is 0 Å². The number of ether oxygens (including phenoxy) is 1. The van der Waals surface area contributed by atoms with Gasteiger partial charge >= 0.3 is 0 Å². The highest BCUT2D eigenvalue weighted by Gasteiger charge is 2.12. The molecule has 6 heteroatoms. The fourth-order valence-corrected chi connectivity index (χ4v) is 3.36. The molecule has 0 amide bonds. The zero-order valence-corrected chi connectivity index (χ0v) is 14.6. The summed E-state index contributed by atoms with van der Waals surface area (Å²) in [6.45, 7) is 5.46. The Morgan fingerprint density at radius 3 is 2.85 bits per heavy atom. The van der Waals surface area contributed by atoms with Crippen LogP contribution in [0, 0.1) is 0 Å². The summed E-state index contributed by atoms with van der Waals surface area (Å²) in [5.41, 5.74) is 2.25. The molecule has 0 aliphatic carbocycles. The van der Waals surface area contributed by atoms with E-state index in [9.17, 15) is 0 Å². The van der Waals surface area contributed by atoms with Crippen molar-refractivity contribution in [1.82, 2.24) is 15.5 Å². The minimum atomic E-state index is 0.223. The lowest BCUT2D eigenvalue weighted by Crippen LogP contribution is -2.18. The Kier molecular flexibility index (Phi) is 5.63. The van der Waals surface area contributed by atoms with E-state index in [-0.39, 0.29) is 6.04 Å². The number of rotatable bonds is 6. The van der Waals surface area contributed by atoms with Crippen molar-refractivity contribution in [3.05, 3.63) is 44.6 Å². The summed E-state index contributed by atoms with van der Waals surface area (Å²) in [7, 11) is 0. The lowest BCUT2D eigenvalue weighted by molar-refractivity contribution is 0.332. The lowest BCUT2D eigenvalue weighted by Gasteiger charge is -2.16. The third-order valence-electron chi connectivity index (χ3n) is 2.99. The highest BCUT2D eigenvalue weighted by Crippen LogP contribution is 2.33. The van der Waals surface area contributed by atoms with Gasteiger partial charge in [-0.2, -0.15) is 5.10 Å². The molecule has 1 heterocycles. The summed E-state index contributed by atoms with van der Waals surface area (Å²) in [6.07, 6.45) is 3.73. The number of nitrogens with zero attached hydrogens (tertiary/aromatic N) is 1. The molecular weight excluding hydrogens is 386 g/mol. The van der Waals surface area contributed by atoms with E-state index in [4.69, 9.17) is 4.74 Å². The quantitative estimate of drug-likeness (QED) is 0.761. The monoisotopic (exact) mass is 401 g/mol. The Hall–Kier alpha value is -0.850. The van der Waals surface area contributed by atoms with Crippen molar-refractivity contribution < 1.29 is 4.74 Å². The van der Waals surface area contributed by atoms with Crippen molar-refractivity contribution >= 4 is 31.9 Å². The normalized spacial score (nSPS) is 12.4. The molecule has 0 saturated heterocycles. The van der Waals surface area contributed by atoms with Gasteiger partial charge in [0.15, 0.2) is 0 Å². The standard InChI is InChI=1S/C14H17Br2N3O/c1-3-20-14-10(4-12(15)5-13(14)16)6-17-9(2)11-7-18-19-8-11/h4-5,7-9,17H,3,6H2,1-2H3,(H,18,19). The van der Waals surface area contributed by atoms with Crippen LogP contribution in [0.2, 0.25) is 0 Å². The van der Waals surface area contributed by atoms with Gasteiger partial charge in [0.1, 0.15) is 5.75 Å². The maximum Gasteiger partial charge on any atom is 0.138 e. The molecule has 20 heavy (non-hydrogen) atoms. The predicted octanol–water partition coefficient (Wildman–Crippen LogP) is 4.18. The van der Waals surface area contributed by atoms with Crippen LogP contribution in [0.4, 0.5) is 0 Å². The minimum absolute atomic E-state index is 0.223. The Balaban J connectivity index is 2.12. The number of aromatic nitrogens is 2. The van der Waals surface area contributed by atoms with E-state index >= 15 is 0 Å². The van der Waals surface area contributed by atoms with Crippen molar-refractivity contribution in [2.75, 3.05) is 6.61 Å². The fraction of sp³-hybridized carbons (Fsp3) is 0.357. The van der Waals surface area contributed by atoms with Gasteiger partial charge in [-0.05, 0) is 41.9 Å². The van der Waals surface area contributed by atoms with Crippen molar-refractivity contribution in [2.45, 2.75) is 26.4 Å². The van der Waals surface area contributed by atoms with E-state index in [1.54, 1.807) is 0 Å². The van der Waals surface area contributed by atoms with Crippen LogP contribution in [-0.2, 0) is 6.54 Å². The molecule has 108 valence electrons. The van der Waals surface area contributed by atoms with Gasteiger partial charge < -0.3 is 10.1 Å². The fourth-order valence-electron chi connectivity index (χ4n) is 1.93. The number of nitrogens with one attached hydrogen (secondary N) is 2. The van der Waals surface area contributed by atoms with Crippen LogP contribution in [0.15, 0.2) is 33.5 Å². The first kappa shape index (κ1) is 15.5. The number of benzene rings is 1. The maximum atomic E-state index is 5.72. The lowest BCUT2D eigenvalue weighted by atomic mass is 10.1. The van der Waals surface area contributed by atoms with Gasteiger partial charge in [-0.25, -0.2) is 0 Å². The molecule has 1 unspecified atom stereocenters. The van der Waals surface area contributed by atoms with E-state index in [2.05, 4.69) is 60.4 Å². The molecule has 0 saturated carbocycles. The smallest absolute Gasteiger partial charge is 0.138 e. The van der Waals surface area contributed by atoms with Crippen LogP contribution in [0.25, 0.3) is 0 Å².